The highest BCUT2D eigenvalue weighted by atomic mass is 32.2. The fourth-order valence-corrected chi connectivity index (χ4v) is 2.84. The first kappa shape index (κ1) is 11.6. The van der Waals surface area contributed by atoms with Crippen LogP contribution < -0.4 is 0 Å². The molecule has 1 aromatic rings. The quantitative estimate of drug-likeness (QED) is 0.657. The second-order valence-electron chi connectivity index (χ2n) is 3.58. The highest BCUT2D eigenvalue weighted by Gasteiger charge is 2.19. The lowest BCUT2D eigenvalue weighted by Gasteiger charge is -2.21. The molecule has 0 N–H and O–H groups in total. The van der Waals surface area contributed by atoms with E-state index in [1.165, 1.54) is 22.3 Å². The summed E-state index contributed by atoms with van der Waals surface area (Å²) < 4.78 is 2.34. The monoisotopic (exact) mass is 212 g/mol. The van der Waals surface area contributed by atoms with Gasteiger partial charge in [0.25, 0.3) is 0 Å². The second-order valence-corrected chi connectivity index (χ2v) is 4.59. The predicted octanol–water partition coefficient (Wildman–Crippen LogP) is 3.27. The van der Waals surface area contributed by atoms with Gasteiger partial charge >= 0.3 is 0 Å². The molecule has 0 spiro atoms. The summed E-state index contributed by atoms with van der Waals surface area (Å²) in [7, 11) is 0. The fourth-order valence-electron chi connectivity index (χ4n) is 1.68. The van der Waals surface area contributed by atoms with Crippen molar-refractivity contribution in [3.8, 4) is 0 Å². The molecule has 0 saturated heterocycles. The molecule has 1 aromatic heterocycles. The van der Waals surface area contributed by atoms with Crippen LogP contribution >= 0.6 is 11.8 Å². The van der Waals surface area contributed by atoms with Crippen LogP contribution in [0.3, 0.4) is 0 Å². The normalized spacial score (nSPS) is 19.6. The van der Waals surface area contributed by atoms with Gasteiger partial charge in [0, 0.05) is 12.3 Å². The molecular formula is C11H20N2S. The van der Waals surface area contributed by atoms with Crippen molar-refractivity contribution >= 4 is 11.8 Å². The van der Waals surface area contributed by atoms with E-state index in [4.69, 9.17) is 0 Å². The summed E-state index contributed by atoms with van der Waals surface area (Å²) >= 11 is 1.94. The Morgan fingerprint density at radius 1 is 1.36 bits per heavy atom. The van der Waals surface area contributed by atoms with Crippen LogP contribution in [0.4, 0.5) is 0 Å². The summed E-state index contributed by atoms with van der Waals surface area (Å²) in [6.07, 6.45) is 0. The summed E-state index contributed by atoms with van der Waals surface area (Å²) in [5.41, 5.74) is 1.20. The minimum atomic E-state index is 0.787. The number of aryl methyl sites for hydroxylation is 2. The smallest absolute Gasteiger partial charge is 0.106 e. The molecule has 3 heteroatoms. The zero-order chi connectivity index (χ0) is 10.7. The van der Waals surface area contributed by atoms with Gasteiger partial charge in [0.15, 0.2) is 0 Å². The van der Waals surface area contributed by atoms with Crippen LogP contribution in [-0.4, -0.2) is 15.3 Å². The maximum Gasteiger partial charge on any atom is 0.106 e. The van der Waals surface area contributed by atoms with Crippen LogP contribution in [-0.2, 0) is 6.54 Å². The molecule has 0 fully saturated rings. The third kappa shape index (κ3) is 2.14. The first-order valence-electron chi connectivity index (χ1n) is 5.35. The van der Waals surface area contributed by atoms with E-state index in [0.717, 1.165) is 12.5 Å². The SMILES string of the molecule is CC.Cc1nc(C)n2c1SCC(C)C2. The number of imidazole rings is 1. The lowest BCUT2D eigenvalue weighted by molar-refractivity contribution is 0.481. The van der Waals surface area contributed by atoms with E-state index in [0.29, 0.717) is 0 Å². The number of aromatic nitrogens is 2. The highest BCUT2D eigenvalue weighted by Crippen LogP contribution is 2.31. The third-order valence-corrected chi connectivity index (χ3v) is 3.80. The van der Waals surface area contributed by atoms with Crippen molar-refractivity contribution in [1.29, 1.82) is 0 Å². The van der Waals surface area contributed by atoms with Gasteiger partial charge in [0.05, 0.1) is 10.7 Å². The van der Waals surface area contributed by atoms with Crippen LogP contribution in [0.1, 0.15) is 32.3 Å². The molecule has 2 nitrogen and oxygen atoms in total. The molecule has 0 radical (unpaired) electrons. The molecule has 80 valence electrons. The van der Waals surface area contributed by atoms with Crippen molar-refractivity contribution in [3.63, 3.8) is 0 Å². The van der Waals surface area contributed by atoms with Crippen LogP contribution in [0.5, 0.6) is 0 Å². The molecule has 0 aromatic carbocycles. The van der Waals surface area contributed by atoms with Crippen molar-refractivity contribution in [3.05, 3.63) is 11.5 Å². The molecule has 2 heterocycles. The van der Waals surface area contributed by atoms with Gasteiger partial charge in [-0.25, -0.2) is 4.98 Å². The lowest BCUT2D eigenvalue weighted by atomic mass is 10.2. The van der Waals surface area contributed by atoms with E-state index in [1.54, 1.807) is 0 Å². The maximum absolute atomic E-state index is 4.47. The Kier molecular flexibility index (Phi) is 4.05. The molecule has 0 aliphatic carbocycles. The van der Waals surface area contributed by atoms with Gasteiger partial charge < -0.3 is 4.57 Å². The predicted molar refractivity (Wildman–Crippen MR) is 62.9 cm³/mol. The Bertz CT molecular complexity index is 304. The van der Waals surface area contributed by atoms with E-state index in [1.807, 2.05) is 25.6 Å². The van der Waals surface area contributed by atoms with E-state index < -0.39 is 0 Å². The highest BCUT2D eigenvalue weighted by molar-refractivity contribution is 7.99. The fraction of sp³-hybridized carbons (Fsp3) is 0.727. The molecule has 1 unspecified atom stereocenters. The molecule has 1 aliphatic heterocycles. The van der Waals surface area contributed by atoms with E-state index in [9.17, 15) is 0 Å². The number of rotatable bonds is 0. The summed E-state index contributed by atoms with van der Waals surface area (Å²) in [6.45, 7) is 11.6. The van der Waals surface area contributed by atoms with Crippen LogP contribution in [0.25, 0.3) is 0 Å². The minimum Gasteiger partial charge on any atom is -0.323 e. The Balaban J connectivity index is 0.000000461. The van der Waals surface area contributed by atoms with Crippen molar-refractivity contribution in [2.45, 2.75) is 46.2 Å². The van der Waals surface area contributed by atoms with Gasteiger partial charge in [-0.3, -0.25) is 0 Å². The Hall–Kier alpha value is -0.440. The first-order chi connectivity index (χ1) is 6.68. The van der Waals surface area contributed by atoms with Gasteiger partial charge in [-0.1, -0.05) is 20.8 Å². The van der Waals surface area contributed by atoms with Crippen LogP contribution in [0, 0.1) is 19.8 Å². The second kappa shape index (κ2) is 4.87. The minimum absolute atomic E-state index is 0.787. The maximum atomic E-state index is 4.47. The van der Waals surface area contributed by atoms with Crippen LogP contribution in [0.2, 0.25) is 0 Å². The number of hydrogen-bond acceptors (Lipinski definition) is 2. The molecule has 2 rings (SSSR count). The van der Waals surface area contributed by atoms with Gasteiger partial charge in [-0.05, 0) is 19.8 Å². The first-order valence-corrected chi connectivity index (χ1v) is 6.33. The average molecular weight is 212 g/mol. The zero-order valence-electron chi connectivity index (χ0n) is 9.79. The van der Waals surface area contributed by atoms with Crippen LogP contribution in [0.15, 0.2) is 5.03 Å². The van der Waals surface area contributed by atoms with Crippen molar-refractivity contribution in [1.82, 2.24) is 9.55 Å². The topological polar surface area (TPSA) is 17.8 Å². The molecule has 1 aliphatic rings. The number of hydrogen-bond donors (Lipinski definition) is 0. The van der Waals surface area contributed by atoms with Crippen molar-refractivity contribution in [2.24, 2.45) is 5.92 Å². The molecule has 0 bridgehead atoms. The molecule has 0 saturated carbocycles. The average Bonchev–Trinajstić information content (AvgIpc) is 2.46. The van der Waals surface area contributed by atoms with E-state index in [-0.39, 0.29) is 0 Å². The van der Waals surface area contributed by atoms with Gasteiger partial charge in [-0.15, -0.1) is 11.8 Å². The summed E-state index contributed by atoms with van der Waals surface area (Å²) in [6, 6.07) is 0. The van der Waals surface area contributed by atoms with Gasteiger partial charge in [-0.2, -0.15) is 0 Å². The molecule has 0 amide bonds. The summed E-state index contributed by atoms with van der Waals surface area (Å²) in [5, 5.41) is 1.38. The Morgan fingerprint density at radius 2 is 2.00 bits per heavy atom. The molecular weight excluding hydrogens is 192 g/mol. The lowest BCUT2D eigenvalue weighted by Crippen LogP contribution is -2.17. The number of fused-ring (bicyclic) bond motifs is 1. The van der Waals surface area contributed by atoms with Gasteiger partial charge in [0.2, 0.25) is 0 Å². The largest absolute Gasteiger partial charge is 0.323 e. The zero-order valence-corrected chi connectivity index (χ0v) is 10.6. The number of nitrogens with zero attached hydrogens (tertiary/aromatic N) is 2. The third-order valence-electron chi connectivity index (χ3n) is 2.27. The summed E-state index contributed by atoms with van der Waals surface area (Å²) in [4.78, 5) is 4.47. The van der Waals surface area contributed by atoms with Crippen molar-refractivity contribution < 1.29 is 0 Å². The summed E-state index contributed by atoms with van der Waals surface area (Å²) in [5.74, 6) is 3.20. The molecule has 1 atom stereocenters. The van der Waals surface area contributed by atoms with E-state index >= 15 is 0 Å². The van der Waals surface area contributed by atoms with Crippen molar-refractivity contribution in [2.75, 3.05) is 5.75 Å². The van der Waals surface area contributed by atoms with Gasteiger partial charge in [0.1, 0.15) is 5.82 Å². The number of thioether (sulfide) groups is 1. The standard InChI is InChI=1S/C9H14N2S.C2H6/c1-6-4-11-8(3)10-7(2)9(11)12-5-6;1-2/h6H,4-5H2,1-3H3;1-2H3. The van der Waals surface area contributed by atoms with E-state index in [2.05, 4.69) is 30.3 Å². The Labute approximate surface area is 91.1 Å². The molecule has 14 heavy (non-hydrogen) atoms. The Morgan fingerprint density at radius 3 is 2.64 bits per heavy atom.